The quantitative estimate of drug-likeness (QED) is 0.714. The standard InChI is InChI=1S/C22H21N5O4/c1-22(16-8-4-6-14(10-16)12-23)20(30)27(21(31)25-22)13-18(28)24-17-9-5-7-15(11-17)19(29)26(2)3/h4-11H,13H2,1-3H3,(H,24,28)(H,25,31). The van der Waals surface area contributed by atoms with E-state index in [1.807, 2.05) is 6.07 Å². The summed E-state index contributed by atoms with van der Waals surface area (Å²) >= 11 is 0. The first-order valence-electron chi connectivity index (χ1n) is 9.42. The van der Waals surface area contributed by atoms with Gasteiger partial charge in [-0.15, -0.1) is 0 Å². The summed E-state index contributed by atoms with van der Waals surface area (Å²) in [6, 6.07) is 14.0. The number of nitrogens with zero attached hydrogens (tertiary/aromatic N) is 3. The number of hydrogen-bond acceptors (Lipinski definition) is 5. The Morgan fingerprint density at radius 3 is 2.55 bits per heavy atom. The highest BCUT2D eigenvalue weighted by Crippen LogP contribution is 2.29. The zero-order chi connectivity index (χ0) is 22.8. The molecule has 0 spiro atoms. The van der Waals surface area contributed by atoms with Gasteiger partial charge < -0.3 is 15.5 Å². The highest BCUT2D eigenvalue weighted by molar-refractivity contribution is 6.10. The molecule has 9 nitrogen and oxygen atoms in total. The van der Waals surface area contributed by atoms with Crippen LogP contribution in [0.2, 0.25) is 0 Å². The van der Waals surface area contributed by atoms with Crippen molar-refractivity contribution in [1.29, 1.82) is 5.26 Å². The van der Waals surface area contributed by atoms with E-state index in [1.54, 1.807) is 50.5 Å². The second kappa shape index (κ2) is 8.28. The van der Waals surface area contributed by atoms with E-state index >= 15 is 0 Å². The molecule has 0 radical (unpaired) electrons. The van der Waals surface area contributed by atoms with Gasteiger partial charge in [-0.2, -0.15) is 5.26 Å². The average Bonchev–Trinajstić information content (AvgIpc) is 2.97. The van der Waals surface area contributed by atoms with Crippen molar-refractivity contribution in [2.45, 2.75) is 12.5 Å². The fourth-order valence-corrected chi connectivity index (χ4v) is 3.27. The van der Waals surface area contributed by atoms with E-state index in [0.29, 0.717) is 22.4 Å². The lowest BCUT2D eigenvalue weighted by molar-refractivity contribution is -0.133. The van der Waals surface area contributed by atoms with Crippen LogP contribution in [-0.2, 0) is 15.1 Å². The molecule has 158 valence electrons. The minimum atomic E-state index is -1.39. The smallest absolute Gasteiger partial charge is 0.325 e. The Balaban J connectivity index is 1.74. The first-order valence-corrected chi connectivity index (χ1v) is 9.42. The SMILES string of the molecule is CN(C)C(=O)c1cccc(NC(=O)CN2C(=O)NC(C)(c3cccc(C#N)c3)C2=O)c1. The summed E-state index contributed by atoms with van der Waals surface area (Å²) in [6.45, 7) is 1.03. The fraction of sp³-hybridized carbons (Fsp3) is 0.227. The first-order chi connectivity index (χ1) is 14.7. The number of amides is 5. The van der Waals surface area contributed by atoms with E-state index in [0.717, 1.165) is 4.90 Å². The van der Waals surface area contributed by atoms with Gasteiger partial charge in [0.25, 0.3) is 11.8 Å². The highest BCUT2D eigenvalue weighted by atomic mass is 16.2. The molecule has 0 saturated carbocycles. The van der Waals surface area contributed by atoms with Crippen LogP contribution < -0.4 is 10.6 Å². The van der Waals surface area contributed by atoms with Gasteiger partial charge in [0.1, 0.15) is 12.1 Å². The molecule has 9 heteroatoms. The van der Waals surface area contributed by atoms with Gasteiger partial charge in [-0.05, 0) is 42.8 Å². The van der Waals surface area contributed by atoms with E-state index < -0.39 is 29.9 Å². The lowest BCUT2D eigenvalue weighted by Crippen LogP contribution is -2.42. The number of urea groups is 1. The number of carbonyl (C=O) groups is 4. The molecule has 5 amide bonds. The van der Waals surface area contributed by atoms with Crippen LogP contribution in [0, 0.1) is 11.3 Å². The predicted octanol–water partition coefficient (Wildman–Crippen LogP) is 1.67. The molecule has 2 N–H and O–H groups in total. The maximum atomic E-state index is 13.0. The zero-order valence-electron chi connectivity index (χ0n) is 17.3. The minimum absolute atomic E-state index is 0.222. The molecule has 0 aliphatic carbocycles. The summed E-state index contributed by atoms with van der Waals surface area (Å²) in [5.74, 6) is -1.41. The maximum absolute atomic E-state index is 13.0. The van der Waals surface area contributed by atoms with Crippen molar-refractivity contribution in [2.24, 2.45) is 0 Å². The molecule has 31 heavy (non-hydrogen) atoms. The molecule has 1 aliphatic rings. The third-order valence-electron chi connectivity index (χ3n) is 4.95. The summed E-state index contributed by atoms with van der Waals surface area (Å²) in [4.78, 5) is 52.2. The number of carbonyl (C=O) groups excluding carboxylic acids is 4. The van der Waals surface area contributed by atoms with Crippen molar-refractivity contribution in [2.75, 3.05) is 26.0 Å². The van der Waals surface area contributed by atoms with Crippen LogP contribution in [0.1, 0.15) is 28.4 Å². The molecule has 0 bridgehead atoms. The number of imide groups is 1. The molecule has 1 fully saturated rings. The lowest BCUT2D eigenvalue weighted by Gasteiger charge is -2.22. The largest absolute Gasteiger partial charge is 0.345 e. The van der Waals surface area contributed by atoms with Gasteiger partial charge in [-0.1, -0.05) is 18.2 Å². The Bertz CT molecular complexity index is 1120. The number of anilines is 1. The molecule has 2 aromatic rings. The Hall–Kier alpha value is -4.19. The summed E-state index contributed by atoms with van der Waals surface area (Å²) < 4.78 is 0. The Kier molecular flexibility index (Phi) is 5.75. The molecule has 1 atom stereocenters. The van der Waals surface area contributed by atoms with Gasteiger partial charge in [0.05, 0.1) is 11.6 Å². The molecule has 3 rings (SSSR count). The van der Waals surface area contributed by atoms with Gasteiger partial charge in [0.15, 0.2) is 0 Å². The van der Waals surface area contributed by atoms with Gasteiger partial charge >= 0.3 is 6.03 Å². The van der Waals surface area contributed by atoms with Crippen LogP contribution in [0.15, 0.2) is 48.5 Å². The summed E-state index contributed by atoms with van der Waals surface area (Å²) in [5.41, 5.74) is 0.172. The predicted molar refractivity (Wildman–Crippen MR) is 112 cm³/mol. The minimum Gasteiger partial charge on any atom is -0.345 e. The number of rotatable bonds is 5. The number of hydrogen-bond donors (Lipinski definition) is 2. The molecule has 1 unspecified atom stereocenters. The van der Waals surface area contributed by atoms with E-state index in [9.17, 15) is 19.2 Å². The molecule has 0 aromatic heterocycles. The van der Waals surface area contributed by atoms with Gasteiger partial charge in [-0.3, -0.25) is 19.3 Å². The number of nitrogens with one attached hydrogen (secondary N) is 2. The van der Waals surface area contributed by atoms with Crippen molar-refractivity contribution in [3.63, 3.8) is 0 Å². The first kappa shape index (κ1) is 21.5. The van der Waals surface area contributed by atoms with Gasteiger partial charge in [-0.25, -0.2) is 4.79 Å². The van der Waals surface area contributed by atoms with E-state index in [2.05, 4.69) is 10.6 Å². The highest BCUT2D eigenvalue weighted by Gasteiger charge is 2.49. The third kappa shape index (κ3) is 4.23. The third-order valence-corrected chi connectivity index (χ3v) is 4.95. The fourth-order valence-electron chi connectivity index (χ4n) is 3.27. The Labute approximate surface area is 179 Å². The zero-order valence-corrected chi connectivity index (χ0v) is 17.3. The lowest BCUT2D eigenvalue weighted by atomic mass is 9.91. The Morgan fingerprint density at radius 2 is 1.87 bits per heavy atom. The van der Waals surface area contributed by atoms with Crippen LogP contribution in [0.25, 0.3) is 0 Å². The molecule has 2 aromatic carbocycles. The van der Waals surface area contributed by atoms with Gasteiger partial charge in [0, 0.05) is 25.3 Å². The van der Waals surface area contributed by atoms with Crippen molar-refractivity contribution < 1.29 is 19.2 Å². The van der Waals surface area contributed by atoms with Crippen molar-refractivity contribution in [3.05, 3.63) is 65.2 Å². The number of nitriles is 1. The number of benzene rings is 2. The molecule has 1 aliphatic heterocycles. The van der Waals surface area contributed by atoms with E-state index in [1.165, 1.54) is 24.0 Å². The van der Waals surface area contributed by atoms with E-state index in [4.69, 9.17) is 5.26 Å². The van der Waals surface area contributed by atoms with Crippen LogP contribution >= 0.6 is 0 Å². The maximum Gasteiger partial charge on any atom is 0.325 e. The second-order valence-electron chi connectivity index (χ2n) is 7.47. The van der Waals surface area contributed by atoms with E-state index in [-0.39, 0.29) is 5.91 Å². The average molecular weight is 419 g/mol. The van der Waals surface area contributed by atoms with Crippen LogP contribution in [0.4, 0.5) is 10.5 Å². The summed E-state index contributed by atoms with van der Waals surface area (Å²) in [5, 5.41) is 14.3. The monoisotopic (exact) mass is 419 g/mol. The molecular formula is C22H21N5O4. The summed E-state index contributed by atoms with van der Waals surface area (Å²) in [6.07, 6.45) is 0. The normalized spacial score (nSPS) is 17.7. The second-order valence-corrected chi connectivity index (χ2v) is 7.47. The summed E-state index contributed by atoms with van der Waals surface area (Å²) in [7, 11) is 3.24. The topological polar surface area (TPSA) is 123 Å². The molecular weight excluding hydrogens is 398 g/mol. The molecule has 1 saturated heterocycles. The van der Waals surface area contributed by atoms with Crippen molar-refractivity contribution in [1.82, 2.24) is 15.1 Å². The Morgan fingerprint density at radius 1 is 1.16 bits per heavy atom. The van der Waals surface area contributed by atoms with Crippen LogP contribution in [-0.4, -0.2) is 54.2 Å². The van der Waals surface area contributed by atoms with Gasteiger partial charge in [0.2, 0.25) is 5.91 Å². The van der Waals surface area contributed by atoms with Crippen LogP contribution in [0.3, 0.4) is 0 Å². The van der Waals surface area contributed by atoms with Crippen molar-refractivity contribution >= 4 is 29.4 Å². The van der Waals surface area contributed by atoms with Crippen LogP contribution in [0.5, 0.6) is 0 Å². The van der Waals surface area contributed by atoms with Crippen molar-refractivity contribution in [3.8, 4) is 6.07 Å². The molecule has 1 heterocycles.